The Morgan fingerprint density at radius 3 is 2.64 bits per heavy atom. The van der Waals surface area contributed by atoms with E-state index in [2.05, 4.69) is 5.32 Å². The monoisotopic (exact) mass is 338 g/mol. The molecule has 1 N–H and O–H groups in total. The molecule has 130 valence electrons. The van der Waals surface area contributed by atoms with Crippen LogP contribution in [0.15, 0.2) is 48.5 Å². The van der Waals surface area contributed by atoms with E-state index in [-0.39, 0.29) is 24.2 Å². The van der Waals surface area contributed by atoms with Crippen molar-refractivity contribution in [2.24, 2.45) is 5.92 Å². The lowest BCUT2D eigenvalue weighted by Gasteiger charge is -2.18. The molecule has 1 heterocycles. The number of methoxy groups -OCH3 is 1. The maximum atomic E-state index is 12.5. The number of carbonyl (C=O) groups excluding carboxylic acids is 2. The van der Waals surface area contributed by atoms with Gasteiger partial charge in [0, 0.05) is 30.8 Å². The molecule has 2 amide bonds. The molecule has 0 aromatic heterocycles. The summed E-state index contributed by atoms with van der Waals surface area (Å²) in [7, 11) is 1.61. The van der Waals surface area contributed by atoms with Gasteiger partial charge in [0.25, 0.3) is 0 Å². The van der Waals surface area contributed by atoms with Gasteiger partial charge in [0.2, 0.25) is 11.8 Å². The summed E-state index contributed by atoms with van der Waals surface area (Å²) in [5.74, 6) is 0.307. The number of para-hydroxylation sites is 1. The maximum Gasteiger partial charge on any atom is 0.229 e. The number of benzene rings is 2. The minimum absolute atomic E-state index is 0.00466. The van der Waals surface area contributed by atoms with Crippen LogP contribution >= 0.6 is 0 Å². The molecule has 3 rings (SSSR count). The molecule has 2 aromatic rings. The van der Waals surface area contributed by atoms with Gasteiger partial charge < -0.3 is 15.0 Å². The Morgan fingerprint density at radius 1 is 1.20 bits per heavy atom. The van der Waals surface area contributed by atoms with Crippen molar-refractivity contribution in [3.8, 4) is 5.75 Å². The minimum atomic E-state index is -0.330. The van der Waals surface area contributed by atoms with Gasteiger partial charge in [0.15, 0.2) is 0 Å². The zero-order valence-corrected chi connectivity index (χ0v) is 14.5. The van der Waals surface area contributed by atoms with E-state index < -0.39 is 0 Å². The third-order valence-electron chi connectivity index (χ3n) is 4.46. The highest BCUT2D eigenvalue weighted by atomic mass is 16.5. The second kappa shape index (κ2) is 7.38. The molecule has 0 bridgehead atoms. The normalized spacial score (nSPS) is 16.8. The predicted octanol–water partition coefficient (Wildman–Crippen LogP) is 2.99. The van der Waals surface area contributed by atoms with Crippen molar-refractivity contribution in [1.82, 2.24) is 4.90 Å². The molecule has 0 spiro atoms. The number of ether oxygens (including phenoxy) is 1. The third kappa shape index (κ3) is 3.99. The van der Waals surface area contributed by atoms with E-state index in [4.69, 9.17) is 4.74 Å². The molecule has 0 unspecified atom stereocenters. The summed E-state index contributed by atoms with van der Waals surface area (Å²) in [5.41, 5.74) is 2.83. The fourth-order valence-electron chi connectivity index (χ4n) is 3.02. The van der Waals surface area contributed by atoms with Crippen LogP contribution in [0.4, 0.5) is 5.69 Å². The van der Waals surface area contributed by atoms with Gasteiger partial charge in [-0.2, -0.15) is 0 Å². The van der Waals surface area contributed by atoms with E-state index in [1.807, 2.05) is 55.5 Å². The number of nitrogens with one attached hydrogen (secondary N) is 1. The van der Waals surface area contributed by atoms with Crippen LogP contribution in [0.3, 0.4) is 0 Å². The first-order valence-corrected chi connectivity index (χ1v) is 8.34. The number of hydrogen-bond donors (Lipinski definition) is 1. The van der Waals surface area contributed by atoms with Crippen molar-refractivity contribution in [3.63, 3.8) is 0 Å². The first-order valence-electron chi connectivity index (χ1n) is 8.34. The van der Waals surface area contributed by atoms with Gasteiger partial charge >= 0.3 is 0 Å². The highest BCUT2D eigenvalue weighted by Crippen LogP contribution is 2.25. The average molecular weight is 338 g/mol. The van der Waals surface area contributed by atoms with Gasteiger partial charge in [0.1, 0.15) is 5.75 Å². The molecule has 1 atom stereocenters. The number of amides is 2. The van der Waals surface area contributed by atoms with Crippen LogP contribution in [-0.2, 0) is 16.1 Å². The van der Waals surface area contributed by atoms with Gasteiger partial charge in [-0.25, -0.2) is 0 Å². The maximum absolute atomic E-state index is 12.5. The Balaban J connectivity index is 1.63. The van der Waals surface area contributed by atoms with E-state index >= 15 is 0 Å². The molecule has 1 aliphatic heterocycles. The highest BCUT2D eigenvalue weighted by molar-refractivity contribution is 5.97. The summed E-state index contributed by atoms with van der Waals surface area (Å²) in [6.45, 7) is 2.88. The van der Waals surface area contributed by atoms with E-state index in [1.165, 1.54) is 0 Å². The van der Waals surface area contributed by atoms with Gasteiger partial charge in [-0.3, -0.25) is 9.59 Å². The molecule has 5 heteroatoms. The van der Waals surface area contributed by atoms with Gasteiger partial charge in [-0.1, -0.05) is 35.9 Å². The number of nitrogens with zero attached hydrogens (tertiary/aromatic N) is 1. The molecule has 1 aliphatic rings. The fourth-order valence-corrected chi connectivity index (χ4v) is 3.02. The highest BCUT2D eigenvalue weighted by Gasteiger charge is 2.34. The lowest BCUT2D eigenvalue weighted by Crippen LogP contribution is -2.28. The van der Waals surface area contributed by atoms with Crippen LogP contribution in [0.5, 0.6) is 5.75 Å². The van der Waals surface area contributed by atoms with Crippen LogP contribution < -0.4 is 10.1 Å². The minimum Gasteiger partial charge on any atom is -0.496 e. The van der Waals surface area contributed by atoms with Crippen molar-refractivity contribution in [2.45, 2.75) is 19.9 Å². The molecule has 0 radical (unpaired) electrons. The van der Waals surface area contributed by atoms with Gasteiger partial charge in [-0.05, 0) is 25.1 Å². The SMILES string of the molecule is COc1ccccc1CN1C[C@H](C(=O)Nc2ccc(C)cc2)CC1=O. The summed E-state index contributed by atoms with van der Waals surface area (Å²) >= 11 is 0. The van der Waals surface area contributed by atoms with Crippen LogP contribution in [0, 0.1) is 12.8 Å². The summed E-state index contributed by atoms with van der Waals surface area (Å²) in [6, 6.07) is 15.3. The predicted molar refractivity (Wildman–Crippen MR) is 96.3 cm³/mol. The van der Waals surface area contributed by atoms with Crippen LogP contribution in [-0.4, -0.2) is 30.4 Å². The molecule has 5 nitrogen and oxygen atoms in total. The second-order valence-corrected chi connectivity index (χ2v) is 6.34. The average Bonchev–Trinajstić information content (AvgIpc) is 2.98. The van der Waals surface area contributed by atoms with Gasteiger partial charge in [0.05, 0.1) is 13.0 Å². The number of aryl methyl sites for hydroxylation is 1. The Bertz CT molecular complexity index is 771. The van der Waals surface area contributed by atoms with E-state index in [0.717, 1.165) is 22.6 Å². The Labute approximate surface area is 147 Å². The fraction of sp³-hybridized carbons (Fsp3) is 0.300. The van der Waals surface area contributed by atoms with Crippen LogP contribution in [0.1, 0.15) is 17.5 Å². The van der Waals surface area contributed by atoms with Crippen LogP contribution in [0.2, 0.25) is 0 Å². The Morgan fingerprint density at radius 2 is 1.92 bits per heavy atom. The Kier molecular flexibility index (Phi) is 5.03. The zero-order valence-electron chi connectivity index (χ0n) is 14.5. The number of likely N-dealkylation sites (tertiary alicyclic amines) is 1. The summed E-state index contributed by atoms with van der Waals surface area (Å²) in [5, 5.41) is 2.90. The molecule has 2 aromatic carbocycles. The summed E-state index contributed by atoms with van der Waals surface area (Å²) < 4.78 is 5.34. The second-order valence-electron chi connectivity index (χ2n) is 6.34. The standard InChI is InChI=1S/C20H22N2O3/c1-14-7-9-17(10-8-14)21-20(24)16-11-19(23)22(13-16)12-15-5-3-4-6-18(15)25-2/h3-10,16H,11-13H2,1-2H3,(H,21,24)/t16-/m1/s1. The van der Waals surface area contributed by atoms with Crippen molar-refractivity contribution in [1.29, 1.82) is 0 Å². The first-order chi connectivity index (χ1) is 12.1. The molecule has 0 saturated carbocycles. The van der Waals surface area contributed by atoms with Crippen molar-refractivity contribution < 1.29 is 14.3 Å². The van der Waals surface area contributed by atoms with Crippen molar-refractivity contribution in [2.75, 3.05) is 19.0 Å². The number of hydrogen-bond acceptors (Lipinski definition) is 3. The quantitative estimate of drug-likeness (QED) is 0.912. The van der Waals surface area contributed by atoms with E-state index in [0.29, 0.717) is 13.1 Å². The molecular formula is C20H22N2O3. The largest absolute Gasteiger partial charge is 0.496 e. The van der Waals surface area contributed by atoms with Crippen LogP contribution in [0.25, 0.3) is 0 Å². The molecule has 1 saturated heterocycles. The smallest absolute Gasteiger partial charge is 0.229 e. The van der Waals surface area contributed by atoms with Crippen molar-refractivity contribution >= 4 is 17.5 Å². The lowest BCUT2D eigenvalue weighted by molar-refractivity contribution is -0.128. The molecular weight excluding hydrogens is 316 g/mol. The van der Waals surface area contributed by atoms with Gasteiger partial charge in [-0.15, -0.1) is 0 Å². The number of carbonyl (C=O) groups is 2. The zero-order chi connectivity index (χ0) is 17.8. The number of anilines is 1. The topological polar surface area (TPSA) is 58.6 Å². The summed E-state index contributed by atoms with van der Waals surface area (Å²) in [6.07, 6.45) is 0.243. The summed E-state index contributed by atoms with van der Waals surface area (Å²) in [4.78, 5) is 26.5. The molecule has 1 fully saturated rings. The number of rotatable bonds is 5. The molecule has 0 aliphatic carbocycles. The van der Waals surface area contributed by atoms with E-state index in [1.54, 1.807) is 12.0 Å². The van der Waals surface area contributed by atoms with Crippen molar-refractivity contribution in [3.05, 3.63) is 59.7 Å². The van der Waals surface area contributed by atoms with E-state index in [9.17, 15) is 9.59 Å². The molecule has 25 heavy (non-hydrogen) atoms. The lowest BCUT2D eigenvalue weighted by atomic mass is 10.1. The Hall–Kier alpha value is -2.82. The first kappa shape index (κ1) is 17.0. The third-order valence-corrected chi connectivity index (χ3v) is 4.46.